The summed E-state index contributed by atoms with van der Waals surface area (Å²) in [6.07, 6.45) is 3.12. The highest BCUT2D eigenvalue weighted by Gasteiger charge is 2.21. The van der Waals surface area contributed by atoms with Crippen molar-refractivity contribution in [2.75, 3.05) is 11.5 Å². The number of hydrogen-bond acceptors (Lipinski definition) is 4. The second-order valence-corrected chi connectivity index (χ2v) is 6.79. The molecule has 94 valence electrons. The van der Waals surface area contributed by atoms with Crippen LogP contribution in [0.2, 0.25) is 0 Å². The minimum atomic E-state index is -3.51. The van der Waals surface area contributed by atoms with Crippen LogP contribution in [0.25, 0.3) is 0 Å². The number of aromatic nitrogens is 1. The highest BCUT2D eigenvalue weighted by molar-refractivity contribution is 7.99. The molecule has 2 rings (SSSR count). The maximum atomic E-state index is 12.0. The first-order chi connectivity index (χ1) is 8.08. The van der Waals surface area contributed by atoms with Crippen molar-refractivity contribution in [2.24, 2.45) is 0 Å². The first-order valence-corrected chi connectivity index (χ1v) is 8.00. The number of nitrogens with one attached hydrogen (secondary N) is 2. The number of H-pyrrole nitrogens is 1. The van der Waals surface area contributed by atoms with E-state index >= 15 is 0 Å². The molecule has 2 heterocycles. The smallest absolute Gasteiger partial charge is 0.247 e. The molecule has 0 radical (unpaired) electrons. The fourth-order valence-electron chi connectivity index (χ4n) is 1.68. The zero-order valence-electron chi connectivity index (χ0n) is 9.18. The first kappa shape index (κ1) is 12.7. The van der Waals surface area contributed by atoms with Crippen molar-refractivity contribution in [3.63, 3.8) is 0 Å². The number of pyridine rings is 1. The van der Waals surface area contributed by atoms with Gasteiger partial charge >= 0.3 is 0 Å². The molecule has 1 aliphatic heterocycles. The van der Waals surface area contributed by atoms with E-state index in [4.69, 9.17) is 0 Å². The molecule has 1 aromatic rings. The molecule has 0 aromatic carbocycles. The van der Waals surface area contributed by atoms with Crippen LogP contribution in [0.3, 0.4) is 0 Å². The number of hydrogen-bond donors (Lipinski definition) is 2. The molecule has 1 aromatic heterocycles. The van der Waals surface area contributed by atoms with Crippen LogP contribution in [0, 0.1) is 0 Å². The Balaban J connectivity index is 2.12. The third-order valence-electron chi connectivity index (χ3n) is 2.55. The van der Waals surface area contributed by atoms with E-state index in [0.29, 0.717) is 0 Å². The second-order valence-electron chi connectivity index (χ2n) is 3.92. The van der Waals surface area contributed by atoms with E-state index in [1.165, 1.54) is 18.3 Å². The first-order valence-electron chi connectivity index (χ1n) is 5.37. The lowest BCUT2D eigenvalue weighted by molar-refractivity contribution is 0.543. The summed E-state index contributed by atoms with van der Waals surface area (Å²) in [6, 6.07) is 2.52. The minimum Gasteiger partial charge on any atom is -0.328 e. The summed E-state index contributed by atoms with van der Waals surface area (Å²) in [6.45, 7) is 0. The number of aromatic amines is 1. The van der Waals surface area contributed by atoms with Crippen LogP contribution in [-0.4, -0.2) is 30.9 Å². The zero-order valence-corrected chi connectivity index (χ0v) is 10.8. The predicted molar refractivity (Wildman–Crippen MR) is 67.7 cm³/mol. The van der Waals surface area contributed by atoms with Crippen LogP contribution >= 0.6 is 11.8 Å². The average Bonchev–Trinajstić information content (AvgIpc) is 2.30. The van der Waals surface area contributed by atoms with Crippen molar-refractivity contribution >= 4 is 21.8 Å². The molecule has 1 aliphatic rings. The third-order valence-corrected chi connectivity index (χ3v) is 5.28. The second kappa shape index (κ2) is 5.24. The summed E-state index contributed by atoms with van der Waals surface area (Å²) >= 11 is 1.76. The molecule has 1 unspecified atom stereocenters. The molecule has 0 saturated carbocycles. The highest BCUT2D eigenvalue weighted by Crippen LogP contribution is 2.18. The topological polar surface area (TPSA) is 79.0 Å². The molecule has 0 bridgehead atoms. The van der Waals surface area contributed by atoms with Crippen LogP contribution in [0.1, 0.15) is 12.8 Å². The van der Waals surface area contributed by atoms with Crippen molar-refractivity contribution in [1.29, 1.82) is 0 Å². The van der Waals surface area contributed by atoms with Gasteiger partial charge in [-0.25, -0.2) is 13.1 Å². The van der Waals surface area contributed by atoms with Gasteiger partial charge in [-0.05, 0) is 24.7 Å². The van der Waals surface area contributed by atoms with E-state index in [0.717, 1.165) is 24.3 Å². The van der Waals surface area contributed by atoms with Gasteiger partial charge in [0.15, 0.2) is 0 Å². The van der Waals surface area contributed by atoms with Gasteiger partial charge in [-0.3, -0.25) is 4.79 Å². The number of rotatable bonds is 3. The van der Waals surface area contributed by atoms with Gasteiger partial charge in [-0.2, -0.15) is 11.8 Å². The monoisotopic (exact) mass is 274 g/mol. The lowest BCUT2D eigenvalue weighted by Gasteiger charge is -2.22. The minimum absolute atomic E-state index is 0.00863. The molecule has 7 heteroatoms. The molecule has 2 N–H and O–H groups in total. The van der Waals surface area contributed by atoms with E-state index in [2.05, 4.69) is 9.71 Å². The Kier molecular flexibility index (Phi) is 3.90. The fourth-order valence-corrected chi connectivity index (χ4v) is 4.10. The molecule has 0 amide bonds. The Morgan fingerprint density at radius 1 is 1.41 bits per heavy atom. The SMILES string of the molecule is O=c1ccc(S(=O)(=O)NC2CCCSC2)c[nH]1. The molecular formula is C10H14N2O3S2. The number of sulfonamides is 1. The van der Waals surface area contributed by atoms with Gasteiger partial charge in [-0.1, -0.05) is 0 Å². The van der Waals surface area contributed by atoms with E-state index < -0.39 is 10.0 Å². The van der Waals surface area contributed by atoms with Gasteiger partial charge in [-0.15, -0.1) is 0 Å². The van der Waals surface area contributed by atoms with E-state index in [1.807, 2.05) is 0 Å². The molecule has 1 saturated heterocycles. The van der Waals surface area contributed by atoms with Crippen LogP contribution in [-0.2, 0) is 10.0 Å². The van der Waals surface area contributed by atoms with Gasteiger partial charge in [0.25, 0.3) is 0 Å². The maximum absolute atomic E-state index is 12.0. The van der Waals surface area contributed by atoms with Gasteiger partial charge in [0.1, 0.15) is 0 Å². The summed E-state index contributed by atoms with van der Waals surface area (Å²) in [5, 5.41) is 0. The predicted octanol–water partition coefficient (Wildman–Crippen LogP) is 0.549. The molecular weight excluding hydrogens is 260 g/mol. The summed E-state index contributed by atoms with van der Waals surface area (Å²) in [4.78, 5) is 13.3. The van der Waals surface area contributed by atoms with Gasteiger partial charge in [0, 0.05) is 24.1 Å². The Hall–Kier alpha value is -0.790. The third kappa shape index (κ3) is 3.34. The van der Waals surface area contributed by atoms with Crippen LogP contribution in [0.5, 0.6) is 0 Å². The summed E-state index contributed by atoms with van der Waals surface area (Å²) in [7, 11) is -3.51. The van der Waals surface area contributed by atoms with E-state index in [9.17, 15) is 13.2 Å². The van der Waals surface area contributed by atoms with Crippen molar-refractivity contribution in [2.45, 2.75) is 23.8 Å². The summed E-state index contributed by atoms with van der Waals surface area (Å²) < 4.78 is 26.6. The van der Waals surface area contributed by atoms with E-state index in [1.54, 1.807) is 11.8 Å². The summed E-state index contributed by atoms with van der Waals surface area (Å²) in [5.41, 5.74) is -0.308. The van der Waals surface area contributed by atoms with Gasteiger partial charge < -0.3 is 4.98 Å². The van der Waals surface area contributed by atoms with Gasteiger partial charge in [0.05, 0.1) is 4.90 Å². The van der Waals surface area contributed by atoms with E-state index in [-0.39, 0.29) is 16.5 Å². The summed E-state index contributed by atoms with van der Waals surface area (Å²) in [5.74, 6) is 1.90. The van der Waals surface area contributed by atoms with Crippen molar-refractivity contribution in [3.05, 3.63) is 28.7 Å². The normalized spacial score (nSPS) is 21.3. The molecule has 0 aliphatic carbocycles. The van der Waals surface area contributed by atoms with Gasteiger partial charge in [0.2, 0.25) is 15.6 Å². The average molecular weight is 274 g/mol. The largest absolute Gasteiger partial charge is 0.328 e. The molecule has 5 nitrogen and oxygen atoms in total. The Morgan fingerprint density at radius 3 is 2.82 bits per heavy atom. The molecule has 17 heavy (non-hydrogen) atoms. The lowest BCUT2D eigenvalue weighted by Crippen LogP contribution is -2.38. The van der Waals surface area contributed by atoms with Crippen LogP contribution in [0.15, 0.2) is 28.0 Å². The highest BCUT2D eigenvalue weighted by atomic mass is 32.2. The van der Waals surface area contributed by atoms with Crippen LogP contribution < -0.4 is 10.3 Å². The fraction of sp³-hybridized carbons (Fsp3) is 0.500. The zero-order chi connectivity index (χ0) is 12.3. The maximum Gasteiger partial charge on any atom is 0.247 e. The quantitative estimate of drug-likeness (QED) is 0.843. The van der Waals surface area contributed by atoms with Crippen molar-refractivity contribution < 1.29 is 8.42 Å². The Morgan fingerprint density at radius 2 is 2.24 bits per heavy atom. The standard InChI is InChI=1S/C10H14N2O3S2/c13-10-4-3-9(6-11-10)17(14,15)12-8-2-1-5-16-7-8/h3-4,6,8,12H,1-2,5,7H2,(H,11,13). The molecule has 1 atom stereocenters. The Labute approximate surface area is 104 Å². The Bertz CT molecular complexity index is 512. The molecule has 1 fully saturated rings. The van der Waals surface area contributed by atoms with Crippen molar-refractivity contribution in [1.82, 2.24) is 9.71 Å². The lowest BCUT2D eigenvalue weighted by atomic mass is 10.2. The van der Waals surface area contributed by atoms with Crippen molar-refractivity contribution in [3.8, 4) is 0 Å². The van der Waals surface area contributed by atoms with Crippen LogP contribution in [0.4, 0.5) is 0 Å². The number of thioether (sulfide) groups is 1. The molecule has 0 spiro atoms.